The largest absolute Gasteiger partial charge is 0.497 e. The molecular formula is C24H32N4O4. The summed E-state index contributed by atoms with van der Waals surface area (Å²) >= 11 is 0. The van der Waals surface area contributed by atoms with E-state index in [1.165, 1.54) is 4.90 Å². The first kappa shape index (κ1) is 22.2. The van der Waals surface area contributed by atoms with Gasteiger partial charge in [0.05, 0.1) is 26.1 Å². The predicted octanol–water partition coefficient (Wildman–Crippen LogP) is 1.61. The monoisotopic (exact) mass is 440 g/mol. The second-order valence-electron chi connectivity index (χ2n) is 8.44. The highest BCUT2D eigenvalue weighted by atomic mass is 16.5. The molecule has 8 nitrogen and oxygen atoms in total. The van der Waals surface area contributed by atoms with Gasteiger partial charge in [-0.15, -0.1) is 0 Å². The summed E-state index contributed by atoms with van der Waals surface area (Å²) in [6.45, 7) is 4.10. The molecule has 1 aromatic carbocycles. The zero-order valence-electron chi connectivity index (χ0n) is 19.0. The molecule has 32 heavy (non-hydrogen) atoms. The standard InChI is InChI=1S/C24H32N4O4/c1-4-25-24(26-10-9-15-14-18(31-2)7-8-19(15)32-3)27-11-12-28-22(29)20-16-5-6-17(13-16)21(20)23(28)30/h5-8,14,16-17,20-21H,4,9-13H2,1-3H3,(H2,25,26,27). The average molecular weight is 441 g/mol. The van der Waals surface area contributed by atoms with Crippen LogP contribution < -0.4 is 20.1 Å². The van der Waals surface area contributed by atoms with Crippen molar-refractivity contribution in [1.82, 2.24) is 15.5 Å². The van der Waals surface area contributed by atoms with Crippen molar-refractivity contribution in [2.45, 2.75) is 19.8 Å². The maximum absolute atomic E-state index is 12.8. The van der Waals surface area contributed by atoms with Gasteiger partial charge in [0.15, 0.2) is 5.96 Å². The van der Waals surface area contributed by atoms with E-state index < -0.39 is 0 Å². The third-order valence-corrected chi connectivity index (χ3v) is 6.67. The summed E-state index contributed by atoms with van der Waals surface area (Å²) in [6.07, 6.45) is 5.88. The molecule has 3 aliphatic rings. The highest BCUT2D eigenvalue weighted by Gasteiger charge is 2.58. The lowest BCUT2D eigenvalue weighted by molar-refractivity contribution is -0.140. The minimum Gasteiger partial charge on any atom is -0.497 e. The molecule has 1 heterocycles. The lowest BCUT2D eigenvalue weighted by atomic mass is 9.85. The van der Waals surface area contributed by atoms with Gasteiger partial charge in [-0.1, -0.05) is 12.2 Å². The van der Waals surface area contributed by atoms with Gasteiger partial charge in [-0.2, -0.15) is 0 Å². The van der Waals surface area contributed by atoms with Crippen LogP contribution in [0.1, 0.15) is 18.9 Å². The van der Waals surface area contributed by atoms with Crippen molar-refractivity contribution in [2.24, 2.45) is 28.7 Å². The molecule has 172 valence electrons. The van der Waals surface area contributed by atoms with E-state index in [2.05, 4.69) is 27.8 Å². The summed E-state index contributed by atoms with van der Waals surface area (Å²) in [6, 6.07) is 5.72. The first-order valence-electron chi connectivity index (χ1n) is 11.3. The quantitative estimate of drug-likeness (QED) is 0.262. The lowest BCUT2D eigenvalue weighted by Gasteiger charge is -2.18. The highest BCUT2D eigenvalue weighted by Crippen LogP contribution is 2.52. The Morgan fingerprint density at radius 2 is 1.81 bits per heavy atom. The fourth-order valence-corrected chi connectivity index (χ4v) is 5.18. The number of allylic oxidation sites excluding steroid dienone is 2. The summed E-state index contributed by atoms with van der Waals surface area (Å²) in [5.74, 6) is 2.43. The first-order chi connectivity index (χ1) is 15.6. The zero-order valence-corrected chi connectivity index (χ0v) is 19.0. The molecule has 2 N–H and O–H groups in total. The molecule has 4 unspecified atom stereocenters. The molecular weight excluding hydrogens is 408 g/mol. The number of hydrogen-bond acceptors (Lipinski definition) is 5. The Morgan fingerprint density at radius 1 is 1.09 bits per heavy atom. The van der Waals surface area contributed by atoms with Gasteiger partial charge < -0.3 is 20.1 Å². The van der Waals surface area contributed by atoms with E-state index in [9.17, 15) is 9.59 Å². The number of carbonyl (C=O) groups excluding carboxylic acids is 2. The maximum atomic E-state index is 12.8. The van der Waals surface area contributed by atoms with Crippen molar-refractivity contribution in [3.05, 3.63) is 35.9 Å². The third-order valence-electron chi connectivity index (χ3n) is 6.67. The van der Waals surface area contributed by atoms with Crippen molar-refractivity contribution in [3.8, 4) is 11.5 Å². The van der Waals surface area contributed by atoms with Gasteiger partial charge in [-0.05, 0) is 55.4 Å². The van der Waals surface area contributed by atoms with Crippen LogP contribution >= 0.6 is 0 Å². The molecule has 2 aliphatic carbocycles. The molecule has 1 aromatic rings. The zero-order chi connectivity index (χ0) is 22.7. The minimum atomic E-state index is -0.141. The van der Waals surface area contributed by atoms with Crippen LogP contribution in [0.5, 0.6) is 11.5 Å². The number of benzene rings is 1. The summed E-state index contributed by atoms with van der Waals surface area (Å²) in [4.78, 5) is 31.7. The molecule has 0 aromatic heterocycles. The average Bonchev–Trinajstić information content (AvgIpc) is 3.48. The van der Waals surface area contributed by atoms with E-state index in [1.54, 1.807) is 14.2 Å². The van der Waals surface area contributed by atoms with Crippen molar-refractivity contribution >= 4 is 17.8 Å². The van der Waals surface area contributed by atoms with E-state index in [-0.39, 0.29) is 35.5 Å². The van der Waals surface area contributed by atoms with E-state index >= 15 is 0 Å². The number of methoxy groups -OCH3 is 2. The van der Waals surface area contributed by atoms with Crippen molar-refractivity contribution in [2.75, 3.05) is 40.4 Å². The van der Waals surface area contributed by atoms with E-state index in [4.69, 9.17) is 9.47 Å². The molecule has 4 atom stereocenters. The summed E-state index contributed by atoms with van der Waals surface area (Å²) < 4.78 is 10.7. The molecule has 1 saturated carbocycles. The fraction of sp³-hybridized carbons (Fsp3) is 0.542. The van der Waals surface area contributed by atoms with Crippen LogP contribution in [0.4, 0.5) is 0 Å². The Morgan fingerprint density at radius 3 is 2.44 bits per heavy atom. The Hall–Kier alpha value is -3.03. The number of rotatable bonds is 9. The van der Waals surface area contributed by atoms with Gasteiger partial charge in [0.2, 0.25) is 11.8 Å². The highest BCUT2D eigenvalue weighted by molar-refractivity contribution is 6.06. The number of carbonyl (C=O) groups is 2. The predicted molar refractivity (Wildman–Crippen MR) is 122 cm³/mol. The topological polar surface area (TPSA) is 92.3 Å². The number of hydrogen-bond donors (Lipinski definition) is 2. The molecule has 1 aliphatic heterocycles. The molecule has 0 spiro atoms. The van der Waals surface area contributed by atoms with Gasteiger partial charge in [0, 0.05) is 26.2 Å². The second kappa shape index (κ2) is 9.63. The first-order valence-corrected chi connectivity index (χ1v) is 11.3. The second-order valence-corrected chi connectivity index (χ2v) is 8.44. The molecule has 2 amide bonds. The lowest BCUT2D eigenvalue weighted by Crippen LogP contribution is -2.43. The number of likely N-dealkylation sites (tertiary alicyclic amines) is 1. The Bertz CT molecular complexity index is 899. The molecule has 4 rings (SSSR count). The summed E-state index contributed by atoms with van der Waals surface area (Å²) in [5, 5.41) is 6.47. The minimum absolute atomic E-state index is 0.00860. The number of nitrogens with one attached hydrogen (secondary N) is 2. The smallest absolute Gasteiger partial charge is 0.233 e. The van der Waals surface area contributed by atoms with E-state index in [0.717, 1.165) is 30.0 Å². The van der Waals surface area contributed by atoms with Gasteiger partial charge in [-0.3, -0.25) is 19.5 Å². The van der Waals surface area contributed by atoms with Crippen LogP contribution in [0, 0.1) is 23.7 Å². The number of imide groups is 1. The Kier molecular flexibility index (Phi) is 6.67. The van der Waals surface area contributed by atoms with Crippen molar-refractivity contribution in [3.63, 3.8) is 0 Å². The van der Waals surface area contributed by atoms with Crippen LogP contribution in [-0.2, 0) is 16.0 Å². The molecule has 1 saturated heterocycles. The number of fused-ring (bicyclic) bond motifs is 5. The summed E-state index contributed by atoms with van der Waals surface area (Å²) in [7, 11) is 3.29. The number of ether oxygens (including phenoxy) is 2. The van der Waals surface area contributed by atoms with Crippen molar-refractivity contribution < 1.29 is 19.1 Å². The molecule has 2 fully saturated rings. The van der Waals surface area contributed by atoms with Gasteiger partial charge in [0.1, 0.15) is 11.5 Å². The van der Waals surface area contributed by atoms with Crippen LogP contribution in [0.2, 0.25) is 0 Å². The fourth-order valence-electron chi connectivity index (χ4n) is 5.18. The van der Waals surface area contributed by atoms with Crippen LogP contribution in [0.15, 0.2) is 35.3 Å². The van der Waals surface area contributed by atoms with Gasteiger partial charge >= 0.3 is 0 Å². The molecule has 0 radical (unpaired) electrons. The van der Waals surface area contributed by atoms with E-state index in [1.807, 2.05) is 25.1 Å². The van der Waals surface area contributed by atoms with Gasteiger partial charge in [-0.25, -0.2) is 0 Å². The van der Waals surface area contributed by atoms with E-state index in [0.29, 0.717) is 32.0 Å². The van der Waals surface area contributed by atoms with Crippen LogP contribution in [-0.4, -0.2) is 63.1 Å². The van der Waals surface area contributed by atoms with Gasteiger partial charge in [0.25, 0.3) is 0 Å². The SMILES string of the molecule is CCNC(=NCCc1cc(OC)ccc1OC)NCCN1C(=O)C2C3C=CC(C3)C2C1=O. The van der Waals surface area contributed by atoms with Crippen molar-refractivity contribution in [1.29, 1.82) is 0 Å². The Balaban J connectivity index is 1.31. The number of guanidine groups is 1. The number of aliphatic imine (C=N–C) groups is 1. The third kappa shape index (κ3) is 4.18. The van der Waals surface area contributed by atoms with Crippen LogP contribution in [0.25, 0.3) is 0 Å². The number of amides is 2. The molecule has 8 heteroatoms. The maximum Gasteiger partial charge on any atom is 0.233 e. The molecule has 2 bridgehead atoms. The Labute approximate surface area is 189 Å². The normalized spacial score (nSPS) is 26.0. The summed E-state index contributed by atoms with van der Waals surface area (Å²) in [5.41, 5.74) is 1.02. The number of nitrogens with zero attached hydrogens (tertiary/aromatic N) is 2. The van der Waals surface area contributed by atoms with Crippen LogP contribution in [0.3, 0.4) is 0 Å².